The molecule has 0 radical (unpaired) electrons. The summed E-state index contributed by atoms with van der Waals surface area (Å²) in [5.41, 5.74) is 0.0287. The van der Waals surface area contributed by atoms with Crippen molar-refractivity contribution in [2.45, 2.75) is 20.3 Å². The Hall–Kier alpha value is -1.65. The van der Waals surface area contributed by atoms with E-state index in [0.29, 0.717) is 5.92 Å². The third-order valence-electron chi connectivity index (χ3n) is 2.38. The Morgan fingerprint density at radius 3 is 2.62 bits per heavy atom. The Balaban J connectivity index is 2.63. The summed E-state index contributed by atoms with van der Waals surface area (Å²) in [6, 6.07) is 3.16. The van der Waals surface area contributed by atoms with E-state index in [9.17, 15) is 10.1 Å². The largest absolute Gasteiger partial charge is 0.360 e. The van der Waals surface area contributed by atoms with Crippen molar-refractivity contribution in [1.29, 1.82) is 0 Å². The maximum absolute atomic E-state index is 10.4. The fourth-order valence-corrected chi connectivity index (χ4v) is 1.28. The first-order valence-corrected chi connectivity index (χ1v) is 5.32. The van der Waals surface area contributed by atoms with Gasteiger partial charge in [0.15, 0.2) is 0 Å². The van der Waals surface area contributed by atoms with Crippen molar-refractivity contribution in [3.63, 3.8) is 0 Å². The highest BCUT2D eigenvalue weighted by Gasteiger charge is 2.08. The second-order valence-corrected chi connectivity index (χ2v) is 4.24. The summed E-state index contributed by atoms with van der Waals surface area (Å²) >= 11 is 0. The summed E-state index contributed by atoms with van der Waals surface area (Å²) in [6.07, 6.45) is 2.37. The molecular weight excluding hydrogens is 206 g/mol. The van der Waals surface area contributed by atoms with Crippen LogP contribution in [-0.4, -0.2) is 23.5 Å². The number of aromatic nitrogens is 1. The fourth-order valence-electron chi connectivity index (χ4n) is 1.28. The summed E-state index contributed by atoms with van der Waals surface area (Å²) in [7, 11) is 1.94. The molecular formula is C11H17N3O2. The normalized spacial score (nSPS) is 10.5. The van der Waals surface area contributed by atoms with Crippen LogP contribution in [0, 0.1) is 16.0 Å². The Kier molecular flexibility index (Phi) is 4.22. The number of anilines is 1. The molecule has 0 aliphatic rings. The van der Waals surface area contributed by atoms with Crippen molar-refractivity contribution >= 4 is 11.5 Å². The van der Waals surface area contributed by atoms with Crippen LogP contribution < -0.4 is 4.90 Å². The quantitative estimate of drug-likeness (QED) is 0.568. The SMILES string of the molecule is CC(C)CCN(C)c1ccc([N+](=O)[O-])cn1. The van der Waals surface area contributed by atoms with Crippen LogP contribution in [0.3, 0.4) is 0 Å². The van der Waals surface area contributed by atoms with Crippen LogP contribution in [0.1, 0.15) is 20.3 Å². The zero-order valence-corrected chi connectivity index (χ0v) is 9.88. The summed E-state index contributed by atoms with van der Waals surface area (Å²) < 4.78 is 0. The maximum atomic E-state index is 10.4. The van der Waals surface area contributed by atoms with E-state index < -0.39 is 4.92 Å². The molecule has 1 rings (SSSR count). The molecule has 0 saturated heterocycles. The monoisotopic (exact) mass is 223 g/mol. The Bertz CT molecular complexity index is 349. The second-order valence-electron chi connectivity index (χ2n) is 4.24. The molecule has 88 valence electrons. The molecule has 0 atom stereocenters. The first-order chi connectivity index (χ1) is 7.50. The fraction of sp³-hybridized carbons (Fsp3) is 0.545. The lowest BCUT2D eigenvalue weighted by Crippen LogP contribution is -2.20. The minimum atomic E-state index is -0.440. The van der Waals surface area contributed by atoms with Crippen LogP contribution in [-0.2, 0) is 0 Å². The highest BCUT2D eigenvalue weighted by molar-refractivity contribution is 5.41. The average Bonchev–Trinajstić information content (AvgIpc) is 2.26. The van der Waals surface area contributed by atoms with E-state index in [1.807, 2.05) is 11.9 Å². The van der Waals surface area contributed by atoms with Crippen molar-refractivity contribution in [3.05, 3.63) is 28.4 Å². The predicted octanol–water partition coefficient (Wildman–Crippen LogP) is 2.47. The standard InChI is InChI=1S/C11H17N3O2/c1-9(2)6-7-13(3)11-5-4-10(8-12-11)14(15)16/h4-5,8-9H,6-7H2,1-3H3. The molecule has 1 heterocycles. The second kappa shape index (κ2) is 5.44. The molecule has 0 aliphatic heterocycles. The van der Waals surface area contributed by atoms with E-state index in [0.717, 1.165) is 18.8 Å². The van der Waals surface area contributed by atoms with Crippen molar-refractivity contribution in [2.75, 3.05) is 18.5 Å². The van der Waals surface area contributed by atoms with E-state index in [4.69, 9.17) is 0 Å². The average molecular weight is 223 g/mol. The lowest BCUT2D eigenvalue weighted by atomic mass is 10.1. The number of nitrogens with zero attached hydrogens (tertiary/aromatic N) is 3. The van der Waals surface area contributed by atoms with Crippen LogP contribution in [0.25, 0.3) is 0 Å². The van der Waals surface area contributed by atoms with Gasteiger partial charge in [0.05, 0.1) is 4.92 Å². The highest BCUT2D eigenvalue weighted by atomic mass is 16.6. The molecule has 0 amide bonds. The van der Waals surface area contributed by atoms with E-state index in [1.54, 1.807) is 6.07 Å². The minimum absolute atomic E-state index is 0.0287. The van der Waals surface area contributed by atoms with Crippen molar-refractivity contribution in [3.8, 4) is 0 Å². The Labute approximate surface area is 95.3 Å². The molecule has 0 unspecified atom stereocenters. The molecule has 0 aromatic carbocycles. The summed E-state index contributed by atoms with van der Waals surface area (Å²) in [5, 5.41) is 10.4. The maximum Gasteiger partial charge on any atom is 0.287 e. The first kappa shape index (κ1) is 12.4. The zero-order valence-electron chi connectivity index (χ0n) is 9.88. The molecule has 0 N–H and O–H groups in total. The highest BCUT2D eigenvalue weighted by Crippen LogP contribution is 2.15. The van der Waals surface area contributed by atoms with Gasteiger partial charge in [0.25, 0.3) is 5.69 Å². The summed E-state index contributed by atoms with van der Waals surface area (Å²) in [4.78, 5) is 16.1. The number of hydrogen-bond acceptors (Lipinski definition) is 4. The molecule has 16 heavy (non-hydrogen) atoms. The van der Waals surface area contributed by atoms with Gasteiger partial charge >= 0.3 is 0 Å². The van der Waals surface area contributed by atoms with Gasteiger partial charge in [-0.15, -0.1) is 0 Å². The Morgan fingerprint density at radius 1 is 1.50 bits per heavy atom. The van der Waals surface area contributed by atoms with Crippen LogP contribution >= 0.6 is 0 Å². The van der Waals surface area contributed by atoms with Gasteiger partial charge in [-0.1, -0.05) is 13.8 Å². The van der Waals surface area contributed by atoms with Gasteiger partial charge in [-0.05, 0) is 18.4 Å². The molecule has 0 aliphatic carbocycles. The lowest BCUT2D eigenvalue weighted by molar-refractivity contribution is -0.385. The molecule has 1 aromatic heterocycles. The van der Waals surface area contributed by atoms with Gasteiger partial charge in [0.2, 0.25) is 0 Å². The number of rotatable bonds is 5. The van der Waals surface area contributed by atoms with Crippen LogP contribution in [0.15, 0.2) is 18.3 Å². The topological polar surface area (TPSA) is 59.3 Å². The van der Waals surface area contributed by atoms with Gasteiger partial charge in [0, 0.05) is 19.7 Å². The van der Waals surface area contributed by atoms with E-state index in [2.05, 4.69) is 18.8 Å². The van der Waals surface area contributed by atoms with Gasteiger partial charge in [0.1, 0.15) is 12.0 Å². The smallest absolute Gasteiger partial charge is 0.287 e. The molecule has 0 spiro atoms. The van der Waals surface area contributed by atoms with Crippen LogP contribution in [0.5, 0.6) is 0 Å². The predicted molar refractivity (Wildman–Crippen MR) is 63.6 cm³/mol. The first-order valence-electron chi connectivity index (χ1n) is 5.32. The summed E-state index contributed by atoms with van der Waals surface area (Å²) in [5.74, 6) is 1.41. The van der Waals surface area contributed by atoms with Gasteiger partial charge in [-0.25, -0.2) is 4.98 Å². The molecule has 0 fully saturated rings. The van der Waals surface area contributed by atoms with Gasteiger partial charge < -0.3 is 4.90 Å². The van der Waals surface area contributed by atoms with Gasteiger partial charge in [-0.3, -0.25) is 10.1 Å². The van der Waals surface area contributed by atoms with Crippen LogP contribution in [0.2, 0.25) is 0 Å². The van der Waals surface area contributed by atoms with E-state index >= 15 is 0 Å². The number of nitro groups is 1. The van der Waals surface area contributed by atoms with Crippen LogP contribution in [0.4, 0.5) is 11.5 Å². The number of hydrogen-bond donors (Lipinski definition) is 0. The summed E-state index contributed by atoms with van der Waals surface area (Å²) in [6.45, 7) is 5.23. The van der Waals surface area contributed by atoms with Gasteiger partial charge in [-0.2, -0.15) is 0 Å². The molecule has 0 bridgehead atoms. The lowest BCUT2D eigenvalue weighted by Gasteiger charge is -2.18. The molecule has 5 heteroatoms. The number of pyridine rings is 1. The molecule has 1 aromatic rings. The molecule has 5 nitrogen and oxygen atoms in total. The van der Waals surface area contributed by atoms with E-state index in [-0.39, 0.29) is 5.69 Å². The third-order valence-corrected chi connectivity index (χ3v) is 2.38. The minimum Gasteiger partial charge on any atom is -0.360 e. The zero-order chi connectivity index (χ0) is 12.1. The Morgan fingerprint density at radius 2 is 2.19 bits per heavy atom. The van der Waals surface area contributed by atoms with Crippen molar-refractivity contribution < 1.29 is 4.92 Å². The third kappa shape index (κ3) is 3.49. The van der Waals surface area contributed by atoms with Crippen molar-refractivity contribution in [1.82, 2.24) is 4.98 Å². The van der Waals surface area contributed by atoms with Crippen molar-refractivity contribution in [2.24, 2.45) is 5.92 Å². The molecule has 0 saturated carbocycles. The van der Waals surface area contributed by atoms with E-state index in [1.165, 1.54) is 12.3 Å².